The van der Waals surface area contributed by atoms with Crippen LogP contribution in [0, 0.1) is 0 Å². The van der Waals surface area contributed by atoms with E-state index in [1.54, 1.807) is 19.0 Å². The van der Waals surface area contributed by atoms with Crippen molar-refractivity contribution in [2.75, 3.05) is 33.9 Å². The molecule has 0 saturated heterocycles. The van der Waals surface area contributed by atoms with Gasteiger partial charge in [0.05, 0.1) is 17.8 Å². The molecule has 0 spiro atoms. The second-order valence-electron chi connectivity index (χ2n) is 5.47. The van der Waals surface area contributed by atoms with E-state index in [-0.39, 0.29) is 12.5 Å². The molecule has 0 fully saturated rings. The predicted octanol–water partition coefficient (Wildman–Crippen LogP) is 2.95. The molecule has 0 saturated carbocycles. The highest BCUT2D eigenvalue weighted by Crippen LogP contribution is 2.19. The Bertz CT molecular complexity index is 760. The molecule has 0 unspecified atom stereocenters. The van der Waals surface area contributed by atoms with Crippen LogP contribution in [0.5, 0.6) is 5.75 Å². The standard InChI is InChI=1S/C20H23N3O3/c1-21-18-12-8-7-11-17(18)20(22-2)26-15-19(24)23(3)13-14-25-16-9-5-4-6-10-16/h4-12H,1,13-15H2,2-3H3. The van der Waals surface area contributed by atoms with Gasteiger partial charge < -0.3 is 14.4 Å². The minimum Gasteiger partial charge on any atom is -0.492 e. The average Bonchev–Trinajstić information content (AvgIpc) is 2.69. The van der Waals surface area contributed by atoms with Gasteiger partial charge in [0.25, 0.3) is 5.91 Å². The minimum atomic E-state index is -0.160. The Morgan fingerprint density at radius 1 is 1.12 bits per heavy atom. The van der Waals surface area contributed by atoms with Crippen molar-refractivity contribution in [2.24, 2.45) is 9.98 Å². The molecule has 2 rings (SSSR count). The van der Waals surface area contributed by atoms with Crippen LogP contribution in [0.2, 0.25) is 0 Å². The number of rotatable bonds is 8. The number of hydrogen-bond acceptors (Lipinski definition) is 5. The van der Waals surface area contributed by atoms with E-state index in [1.807, 2.05) is 54.6 Å². The molecule has 2 aromatic rings. The largest absolute Gasteiger partial charge is 0.492 e. The Labute approximate surface area is 153 Å². The number of likely N-dealkylation sites (N-methyl/N-ethyl adjacent to an activating group) is 1. The van der Waals surface area contributed by atoms with Crippen molar-refractivity contribution in [1.82, 2.24) is 4.90 Å². The maximum atomic E-state index is 12.2. The summed E-state index contributed by atoms with van der Waals surface area (Å²) < 4.78 is 11.2. The van der Waals surface area contributed by atoms with Crippen molar-refractivity contribution >= 4 is 24.2 Å². The second-order valence-corrected chi connectivity index (χ2v) is 5.47. The fourth-order valence-corrected chi connectivity index (χ4v) is 2.24. The lowest BCUT2D eigenvalue weighted by atomic mass is 10.2. The van der Waals surface area contributed by atoms with Crippen LogP contribution in [0.4, 0.5) is 5.69 Å². The number of ether oxygens (including phenoxy) is 2. The first-order chi connectivity index (χ1) is 12.7. The lowest BCUT2D eigenvalue weighted by Crippen LogP contribution is -2.34. The number of hydrogen-bond donors (Lipinski definition) is 0. The number of para-hydroxylation sites is 2. The van der Waals surface area contributed by atoms with Crippen molar-refractivity contribution in [3.8, 4) is 5.75 Å². The van der Waals surface area contributed by atoms with E-state index < -0.39 is 0 Å². The summed E-state index contributed by atoms with van der Waals surface area (Å²) in [5.41, 5.74) is 1.36. The third-order valence-corrected chi connectivity index (χ3v) is 3.70. The minimum absolute atomic E-state index is 0.111. The zero-order chi connectivity index (χ0) is 18.8. The fraction of sp³-hybridized carbons (Fsp3) is 0.250. The number of carbonyl (C=O) groups excluding carboxylic acids is 1. The smallest absolute Gasteiger partial charge is 0.260 e. The number of benzene rings is 2. The van der Waals surface area contributed by atoms with Crippen molar-refractivity contribution in [2.45, 2.75) is 0 Å². The number of nitrogens with zero attached hydrogens (tertiary/aromatic N) is 3. The molecule has 6 nitrogen and oxygen atoms in total. The van der Waals surface area contributed by atoms with Gasteiger partial charge in [0.2, 0.25) is 5.90 Å². The number of amides is 1. The van der Waals surface area contributed by atoms with Crippen molar-refractivity contribution in [1.29, 1.82) is 0 Å². The molecular weight excluding hydrogens is 330 g/mol. The SMILES string of the molecule is C=Nc1ccccc1C(=NC)OCC(=O)N(C)CCOc1ccccc1. The number of carbonyl (C=O) groups is 1. The topological polar surface area (TPSA) is 63.5 Å². The molecule has 0 aliphatic carbocycles. The van der Waals surface area contributed by atoms with Crippen molar-refractivity contribution < 1.29 is 14.3 Å². The second kappa shape index (κ2) is 9.98. The summed E-state index contributed by atoms with van der Waals surface area (Å²) in [7, 11) is 3.32. The Morgan fingerprint density at radius 2 is 1.81 bits per heavy atom. The molecule has 6 heteroatoms. The quantitative estimate of drug-likeness (QED) is 0.541. The van der Waals surface area contributed by atoms with Crippen LogP contribution in [0.25, 0.3) is 0 Å². The lowest BCUT2D eigenvalue weighted by Gasteiger charge is -2.18. The molecule has 0 heterocycles. The Hall–Kier alpha value is -3.15. The molecule has 0 radical (unpaired) electrons. The van der Waals surface area contributed by atoms with Crippen molar-refractivity contribution in [3.63, 3.8) is 0 Å². The molecule has 0 bridgehead atoms. The Balaban J connectivity index is 1.83. The van der Waals surface area contributed by atoms with Gasteiger partial charge in [0.15, 0.2) is 6.61 Å². The van der Waals surface area contributed by atoms with E-state index in [0.717, 1.165) is 5.75 Å². The summed E-state index contributed by atoms with van der Waals surface area (Å²) >= 11 is 0. The third-order valence-electron chi connectivity index (χ3n) is 3.70. The van der Waals surface area contributed by atoms with Crippen LogP contribution in [0.1, 0.15) is 5.56 Å². The molecule has 0 N–H and O–H groups in total. The van der Waals surface area contributed by atoms with E-state index in [1.165, 1.54) is 0 Å². The van der Waals surface area contributed by atoms with Crippen LogP contribution in [-0.4, -0.2) is 57.3 Å². The first-order valence-electron chi connectivity index (χ1n) is 8.23. The normalized spacial score (nSPS) is 10.9. The fourth-order valence-electron chi connectivity index (χ4n) is 2.24. The highest BCUT2D eigenvalue weighted by molar-refractivity contribution is 6.00. The van der Waals surface area contributed by atoms with Gasteiger partial charge in [0, 0.05) is 14.1 Å². The van der Waals surface area contributed by atoms with Crippen LogP contribution >= 0.6 is 0 Å². The average molecular weight is 353 g/mol. The zero-order valence-corrected chi connectivity index (χ0v) is 15.1. The molecule has 1 amide bonds. The highest BCUT2D eigenvalue weighted by Gasteiger charge is 2.14. The maximum Gasteiger partial charge on any atom is 0.260 e. The zero-order valence-electron chi connectivity index (χ0n) is 15.1. The molecule has 2 aromatic carbocycles. The summed E-state index contributed by atoms with van der Waals surface area (Å²) in [6, 6.07) is 16.8. The first-order valence-corrected chi connectivity index (χ1v) is 8.23. The van der Waals surface area contributed by atoms with Crippen LogP contribution in [-0.2, 0) is 9.53 Å². The molecule has 0 aliphatic rings. The van der Waals surface area contributed by atoms with E-state index in [4.69, 9.17) is 9.47 Å². The summed E-state index contributed by atoms with van der Waals surface area (Å²) in [5, 5.41) is 0. The van der Waals surface area contributed by atoms with Gasteiger partial charge in [-0.3, -0.25) is 14.8 Å². The van der Waals surface area contributed by atoms with Crippen LogP contribution < -0.4 is 4.74 Å². The van der Waals surface area contributed by atoms with Gasteiger partial charge in [-0.15, -0.1) is 0 Å². The van der Waals surface area contributed by atoms with Crippen molar-refractivity contribution in [3.05, 3.63) is 60.2 Å². The van der Waals surface area contributed by atoms with Gasteiger partial charge in [0.1, 0.15) is 12.4 Å². The molecule has 26 heavy (non-hydrogen) atoms. The summed E-state index contributed by atoms with van der Waals surface area (Å²) in [4.78, 5) is 21.9. The van der Waals surface area contributed by atoms with Gasteiger partial charge in [-0.25, -0.2) is 0 Å². The van der Waals surface area contributed by atoms with E-state index >= 15 is 0 Å². The first kappa shape index (κ1) is 19.2. The summed E-state index contributed by atoms with van der Waals surface area (Å²) in [6.45, 7) is 4.30. The lowest BCUT2D eigenvalue weighted by molar-refractivity contribution is -0.132. The number of aliphatic imine (C=N–C) groups is 2. The van der Waals surface area contributed by atoms with Gasteiger partial charge in [-0.2, -0.15) is 0 Å². The molecule has 0 aromatic heterocycles. The Morgan fingerprint density at radius 3 is 2.50 bits per heavy atom. The van der Waals surface area contributed by atoms with E-state index in [0.29, 0.717) is 30.3 Å². The van der Waals surface area contributed by atoms with Gasteiger partial charge >= 0.3 is 0 Å². The van der Waals surface area contributed by atoms with Gasteiger partial charge in [-0.05, 0) is 31.0 Å². The van der Waals surface area contributed by atoms with Gasteiger partial charge in [-0.1, -0.05) is 30.3 Å². The molecular formula is C20H23N3O3. The summed E-state index contributed by atoms with van der Waals surface area (Å²) in [5.74, 6) is 0.973. The van der Waals surface area contributed by atoms with E-state index in [2.05, 4.69) is 16.7 Å². The van der Waals surface area contributed by atoms with Crippen LogP contribution in [0.3, 0.4) is 0 Å². The Kier molecular flexibility index (Phi) is 7.36. The summed E-state index contributed by atoms with van der Waals surface area (Å²) in [6.07, 6.45) is 0. The highest BCUT2D eigenvalue weighted by atomic mass is 16.5. The molecule has 136 valence electrons. The maximum absolute atomic E-state index is 12.2. The predicted molar refractivity (Wildman–Crippen MR) is 104 cm³/mol. The monoisotopic (exact) mass is 353 g/mol. The molecule has 0 atom stereocenters. The molecule has 0 aliphatic heterocycles. The third kappa shape index (κ3) is 5.44. The van der Waals surface area contributed by atoms with E-state index in [9.17, 15) is 4.79 Å². The van der Waals surface area contributed by atoms with Crippen LogP contribution in [0.15, 0.2) is 64.6 Å².